The van der Waals surface area contributed by atoms with Crippen LogP contribution in [0, 0.1) is 13.8 Å². The van der Waals surface area contributed by atoms with E-state index in [0.29, 0.717) is 34.4 Å². The first-order valence-electron chi connectivity index (χ1n) is 15.4. The van der Waals surface area contributed by atoms with E-state index in [1.165, 1.54) is 20.4 Å². The Kier molecular flexibility index (Phi) is 12.5. The summed E-state index contributed by atoms with van der Waals surface area (Å²) in [5.41, 5.74) is 2.76. The molecule has 0 amide bonds. The summed E-state index contributed by atoms with van der Waals surface area (Å²) < 4.78 is 69.1. The molecule has 0 aliphatic carbocycles. The number of thioether (sulfide) groups is 1. The lowest BCUT2D eigenvalue weighted by molar-refractivity contribution is 0.414. The van der Waals surface area contributed by atoms with Crippen LogP contribution in [0.5, 0.6) is 11.5 Å². The quantitative estimate of drug-likeness (QED) is 0.106. The number of sulfonamides is 2. The van der Waals surface area contributed by atoms with Crippen LogP contribution < -0.4 is 18.1 Å². The second kappa shape index (κ2) is 15.9. The Balaban J connectivity index is 1.55. The third-order valence-electron chi connectivity index (χ3n) is 7.69. The van der Waals surface area contributed by atoms with Crippen LogP contribution in [0.3, 0.4) is 0 Å². The zero-order valence-corrected chi connectivity index (χ0v) is 32.4. The van der Waals surface area contributed by atoms with Crippen molar-refractivity contribution in [2.45, 2.75) is 47.2 Å². The summed E-state index contributed by atoms with van der Waals surface area (Å²) in [6.07, 6.45) is 0. The highest BCUT2D eigenvalue weighted by molar-refractivity contribution is 7.99. The molecule has 0 radical (unpaired) electrons. The lowest BCUT2D eigenvalue weighted by Gasteiger charge is -2.34. The highest BCUT2D eigenvalue weighted by atomic mass is 35.5. The molecule has 4 rings (SSSR count). The average molecular weight is 766 g/mol. The number of rotatable bonds is 16. The summed E-state index contributed by atoms with van der Waals surface area (Å²) in [6, 6.07) is 26.9. The van der Waals surface area contributed by atoms with Gasteiger partial charge in [-0.05, 0) is 100 Å². The Morgan fingerprint density at radius 3 is 1.16 bits per heavy atom. The minimum Gasteiger partial charge on any atom is -0.497 e. The van der Waals surface area contributed by atoms with Crippen LogP contribution in [0.1, 0.15) is 25.0 Å². The Morgan fingerprint density at radius 1 is 0.571 bits per heavy atom. The number of hydrogen-bond donors (Lipinski definition) is 0. The highest BCUT2D eigenvalue weighted by Gasteiger charge is 2.36. The van der Waals surface area contributed by atoms with Crippen LogP contribution in [0.15, 0.2) is 107 Å². The van der Waals surface area contributed by atoms with Crippen LogP contribution in [-0.4, -0.2) is 65.4 Å². The minimum atomic E-state index is -3.98. The van der Waals surface area contributed by atoms with Gasteiger partial charge in [0.2, 0.25) is 0 Å². The Bertz CT molecular complexity index is 1760. The van der Waals surface area contributed by atoms with Crippen molar-refractivity contribution in [2.24, 2.45) is 0 Å². The zero-order valence-electron chi connectivity index (χ0n) is 28.4. The smallest absolute Gasteiger partial charge is 0.264 e. The monoisotopic (exact) mass is 764 g/mol. The van der Waals surface area contributed by atoms with E-state index in [1.807, 2.05) is 13.8 Å². The molecule has 2 unspecified atom stereocenters. The van der Waals surface area contributed by atoms with Gasteiger partial charge in [0.25, 0.3) is 20.0 Å². The summed E-state index contributed by atoms with van der Waals surface area (Å²) in [7, 11) is -4.88. The molecule has 0 bridgehead atoms. The fourth-order valence-corrected chi connectivity index (χ4v) is 10.1. The number of benzene rings is 4. The lowest BCUT2D eigenvalue weighted by atomic mass is 10.2. The molecule has 4 aromatic rings. The number of methoxy groups -OCH3 is 2. The molecule has 0 fully saturated rings. The predicted octanol–water partition coefficient (Wildman–Crippen LogP) is 8.14. The SMILES string of the molecule is COc1ccc(N(CC(C)(Cl)CSCC(C)(Cl)CN(c2ccc(OC)cc2)S(=O)(=O)c2ccc(C)cc2)S(=O)(=O)c2ccc(C)cc2)cc1. The molecule has 0 saturated carbocycles. The summed E-state index contributed by atoms with van der Waals surface area (Å²) in [5.74, 6) is 1.82. The van der Waals surface area contributed by atoms with Gasteiger partial charge in [-0.3, -0.25) is 8.61 Å². The van der Waals surface area contributed by atoms with E-state index >= 15 is 0 Å². The molecule has 0 aromatic heterocycles. The number of ether oxygens (including phenoxy) is 2. The summed E-state index contributed by atoms with van der Waals surface area (Å²) in [6.45, 7) is 7.26. The van der Waals surface area contributed by atoms with Crippen molar-refractivity contribution in [1.82, 2.24) is 0 Å². The van der Waals surface area contributed by atoms with Crippen LogP contribution in [0.25, 0.3) is 0 Å². The number of nitrogens with zero attached hydrogens (tertiary/aromatic N) is 2. The second-order valence-corrected chi connectivity index (χ2v) is 18.9. The van der Waals surface area contributed by atoms with Crippen molar-refractivity contribution in [3.05, 3.63) is 108 Å². The van der Waals surface area contributed by atoms with Crippen molar-refractivity contribution in [3.63, 3.8) is 0 Å². The summed E-state index contributed by atoms with van der Waals surface area (Å²) >= 11 is 15.6. The first-order valence-corrected chi connectivity index (χ1v) is 20.2. The van der Waals surface area contributed by atoms with Gasteiger partial charge in [0, 0.05) is 11.5 Å². The molecular weight excluding hydrogens is 724 g/mol. The summed E-state index contributed by atoms with van der Waals surface area (Å²) in [5, 5.41) is 0. The van der Waals surface area contributed by atoms with E-state index in [9.17, 15) is 16.8 Å². The Morgan fingerprint density at radius 2 is 0.878 bits per heavy atom. The maximum atomic E-state index is 14.0. The van der Waals surface area contributed by atoms with Crippen molar-refractivity contribution < 1.29 is 26.3 Å². The van der Waals surface area contributed by atoms with E-state index in [4.69, 9.17) is 32.7 Å². The molecule has 8 nitrogen and oxygen atoms in total. The molecule has 264 valence electrons. The maximum absolute atomic E-state index is 14.0. The van der Waals surface area contributed by atoms with Crippen LogP contribution in [-0.2, 0) is 20.0 Å². The van der Waals surface area contributed by atoms with Gasteiger partial charge >= 0.3 is 0 Å². The minimum absolute atomic E-state index is 0.0388. The molecule has 0 spiro atoms. The van der Waals surface area contributed by atoms with Crippen molar-refractivity contribution in [3.8, 4) is 11.5 Å². The zero-order chi connectivity index (χ0) is 36.0. The number of alkyl halides is 2. The number of anilines is 2. The van der Waals surface area contributed by atoms with E-state index in [-0.39, 0.29) is 22.9 Å². The van der Waals surface area contributed by atoms with Crippen molar-refractivity contribution in [1.29, 1.82) is 0 Å². The fraction of sp³-hybridized carbons (Fsp3) is 0.333. The highest BCUT2D eigenvalue weighted by Crippen LogP contribution is 2.35. The van der Waals surface area contributed by atoms with Gasteiger partial charge < -0.3 is 9.47 Å². The number of aryl methyl sites for hydroxylation is 2. The van der Waals surface area contributed by atoms with E-state index in [0.717, 1.165) is 11.1 Å². The molecule has 0 aliphatic heterocycles. The third kappa shape index (κ3) is 10.0. The molecule has 0 aliphatic rings. The molecule has 0 N–H and O–H groups in total. The van der Waals surface area contributed by atoms with Gasteiger partial charge in [-0.2, -0.15) is 11.8 Å². The number of halogens is 2. The van der Waals surface area contributed by atoms with E-state index in [1.54, 1.807) is 125 Å². The molecule has 2 atom stereocenters. The molecule has 0 heterocycles. The predicted molar refractivity (Wildman–Crippen MR) is 203 cm³/mol. The van der Waals surface area contributed by atoms with Crippen LogP contribution in [0.2, 0.25) is 0 Å². The number of hydrogen-bond acceptors (Lipinski definition) is 7. The van der Waals surface area contributed by atoms with Gasteiger partial charge in [-0.15, -0.1) is 23.2 Å². The third-order valence-corrected chi connectivity index (χ3v) is 13.8. The molecular formula is C36H42Cl2N2O6S3. The second-order valence-electron chi connectivity index (χ2n) is 12.4. The van der Waals surface area contributed by atoms with Gasteiger partial charge in [0.05, 0.1) is 58.2 Å². The lowest BCUT2D eigenvalue weighted by Crippen LogP contribution is -2.44. The molecule has 4 aromatic carbocycles. The molecule has 0 saturated heterocycles. The molecule has 13 heteroatoms. The van der Waals surface area contributed by atoms with Gasteiger partial charge in [0.1, 0.15) is 11.5 Å². The molecule has 49 heavy (non-hydrogen) atoms. The van der Waals surface area contributed by atoms with Crippen molar-refractivity contribution in [2.75, 3.05) is 47.4 Å². The summed E-state index contributed by atoms with van der Waals surface area (Å²) in [4.78, 5) is -1.76. The maximum Gasteiger partial charge on any atom is 0.264 e. The van der Waals surface area contributed by atoms with Crippen molar-refractivity contribution >= 4 is 66.4 Å². The normalized spacial score (nSPS) is 14.4. The van der Waals surface area contributed by atoms with Crippen LogP contribution in [0.4, 0.5) is 11.4 Å². The average Bonchev–Trinajstić information content (AvgIpc) is 3.06. The van der Waals surface area contributed by atoms with E-state index < -0.39 is 29.8 Å². The van der Waals surface area contributed by atoms with Crippen LogP contribution >= 0.6 is 35.0 Å². The first-order chi connectivity index (χ1) is 23.0. The van der Waals surface area contributed by atoms with Gasteiger partial charge in [-0.25, -0.2) is 16.8 Å². The van der Waals surface area contributed by atoms with E-state index in [2.05, 4.69) is 0 Å². The first kappa shape index (κ1) is 38.7. The Labute approximate surface area is 305 Å². The Hall–Kier alpha value is -3.09. The largest absolute Gasteiger partial charge is 0.497 e. The standard InChI is InChI=1S/C36H42Cl2N2O6S3/c1-27-7-19-33(20-8-27)48(41,42)39(29-11-15-31(45-5)16-12-29)23-35(3,37)25-47-26-36(4,38)24-40(30-13-17-32(46-6)18-14-30)49(43,44)34-21-9-28(2)10-22-34/h7-22H,23-26H2,1-6H3. The topological polar surface area (TPSA) is 93.2 Å². The van der Waals surface area contributed by atoms with Gasteiger partial charge in [0.15, 0.2) is 0 Å². The fourth-order valence-electron chi connectivity index (χ4n) is 4.97. The van der Waals surface area contributed by atoms with Gasteiger partial charge in [-0.1, -0.05) is 35.4 Å².